The van der Waals surface area contributed by atoms with Gasteiger partial charge in [0.2, 0.25) is 0 Å². The highest BCUT2D eigenvalue weighted by molar-refractivity contribution is 5.77. The van der Waals surface area contributed by atoms with Gasteiger partial charge in [0.1, 0.15) is 18.4 Å². The van der Waals surface area contributed by atoms with Crippen molar-refractivity contribution in [2.75, 3.05) is 58.9 Å². The maximum absolute atomic E-state index is 11.2. The van der Waals surface area contributed by atoms with Gasteiger partial charge in [-0.15, -0.1) is 0 Å². The molecular weight excluding hydrogens is 246 g/mol. The topological polar surface area (TPSA) is 60.9 Å². The molecule has 1 saturated heterocycles. The minimum absolute atomic E-state index is 0.142. The highest BCUT2D eigenvalue weighted by Gasteiger charge is 2.16. The Balaban J connectivity index is 2.61. The molecule has 6 nitrogen and oxygen atoms in total. The average molecular weight is 269 g/mol. The van der Waals surface area contributed by atoms with Gasteiger partial charge in [0.25, 0.3) is 0 Å². The van der Waals surface area contributed by atoms with E-state index in [4.69, 9.17) is 0 Å². The van der Waals surface area contributed by atoms with Crippen molar-refractivity contribution in [3.8, 4) is 0 Å². The summed E-state index contributed by atoms with van der Waals surface area (Å²) in [4.78, 5) is 38.7. The molecule has 0 atom stereocenters. The molecule has 0 aliphatic carbocycles. The highest BCUT2D eigenvalue weighted by atomic mass is 16.1. The van der Waals surface area contributed by atoms with E-state index < -0.39 is 0 Å². The average Bonchev–Trinajstić information content (AvgIpc) is 2.44. The van der Waals surface area contributed by atoms with E-state index in [-0.39, 0.29) is 5.78 Å². The largest absolute Gasteiger partial charge is 0.302 e. The summed E-state index contributed by atoms with van der Waals surface area (Å²) in [7, 11) is 0. The number of hydrogen-bond donors (Lipinski definition) is 0. The quantitative estimate of drug-likeness (QED) is 0.570. The van der Waals surface area contributed by atoms with Crippen molar-refractivity contribution < 1.29 is 14.4 Å². The van der Waals surface area contributed by atoms with Crippen LogP contribution in [0.1, 0.15) is 6.92 Å². The standard InChI is InChI=1S/C13H23N3O3/c1-13(19)12-16-6-4-14(8-10-17)2-3-15(5-7-16)9-11-18/h10-11H,2-9,12H2,1H3. The molecule has 0 amide bonds. The first-order valence-corrected chi connectivity index (χ1v) is 6.69. The van der Waals surface area contributed by atoms with Crippen LogP contribution in [0, 0.1) is 0 Å². The SMILES string of the molecule is CC(=O)CN1CCN(CC=O)CCN(CC=O)CC1. The lowest BCUT2D eigenvalue weighted by molar-refractivity contribution is -0.118. The summed E-state index contributed by atoms with van der Waals surface area (Å²) in [5.74, 6) is 0.142. The van der Waals surface area contributed by atoms with Crippen LogP contribution >= 0.6 is 0 Å². The minimum Gasteiger partial charge on any atom is -0.302 e. The summed E-state index contributed by atoms with van der Waals surface area (Å²) >= 11 is 0. The molecule has 1 aliphatic heterocycles. The number of carbonyl (C=O) groups excluding carboxylic acids is 3. The summed E-state index contributed by atoms with van der Waals surface area (Å²) in [5.41, 5.74) is 0. The van der Waals surface area contributed by atoms with Crippen molar-refractivity contribution in [3.05, 3.63) is 0 Å². The van der Waals surface area contributed by atoms with Crippen LogP contribution < -0.4 is 0 Å². The third-order valence-electron chi connectivity index (χ3n) is 3.31. The van der Waals surface area contributed by atoms with Gasteiger partial charge in [-0.1, -0.05) is 0 Å². The van der Waals surface area contributed by atoms with Crippen molar-refractivity contribution in [2.24, 2.45) is 0 Å². The van der Waals surface area contributed by atoms with Crippen LogP contribution in [-0.2, 0) is 14.4 Å². The zero-order valence-corrected chi connectivity index (χ0v) is 11.6. The van der Waals surface area contributed by atoms with E-state index in [1.54, 1.807) is 6.92 Å². The van der Waals surface area contributed by atoms with Crippen molar-refractivity contribution in [1.29, 1.82) is 0 Å². The first kappa shape index (κ1) is 15.9. The summed E-state index contributed by atoms with van der Waals surface area (Å²) in [5, 5.41) is 0. The van der Waals surface area contributed by atoms with E-state index in [1.165, 1.54) is 0 Å². The van der Waals surface area contributed by atoms with E-state index in [0.29, 0.717) is 19.6 Å². The monoisotopic (exact) mass is 269 g/mol. The first-order chi connectivity index (χ1) is 9.15. The zero-order chi connectivity index (χ0) is 14.1. The van der Waals surface area contributed by atoms with Crippen LogP contribution in [0.4, 0.5) is 0 Å². The van der Waals surface area contributed by atoms with Gasteiger partial charge in [-0.25, -0.2) is 0 Å². The Morgan fingerprint density at radius 2 is 1.21 bits per heavy atom. The Morgan fingerprint density at radius 3 is 1.53 bits per heavy atom. The van der Waals surface area contributed by atoms with Gasteiger partial charge in [0.15, 0.2) is 0 Å². The van der Waals surface area contributed by atoms with E-state index in [1.807, 2.05) is 0 Å². The normalized spacial score (nSPS) is 20.3. The van der Waals surface area contributed by atoms with Crippen molar-refractivity contribution in [1.82, 2.24) is 14.7 Å². The summed E-state index contributed by atoms with van der Waals surface area (Å²) < 4.78 is 0. The molecule has 0 bridgehead atoms. The summed E-state index contributed by atoms with van der Waals surface area (Å²) in [6, 6.07) is 0. The van der Waals surface area contributed by atoms with Crippen molar-refractivity contribution in [2.45, 2.75) is 6.92 Å². The molecule has 0 aromatic heterocycles. The van der Waals surface area contributed by atoms with Crippen LogP contribution in [0.3, 0.4) is 0 Å². The number of Topliss-reactive ketones (excluding diaryl/α,β-unsaturated/α-hetero) is 1. The number of nitrogens with zero attached hydrogens (tertiary/aromatic N) is 3. The molecule has 1 rings (SSSR count). The van der Waals surface area contributed by atoms with Crippen LogP contribution in [0.2, 0.25) is 0 Å². The van der Waals surface area contributed by atoms with E-state index in [9.17, 15) is 14.4 Å². The molecule has 1 aliphatic rings. The fraction of sp³-hybridized carbons (Fsp3) is 0.769. The molecule has 0 saturated carbocycles. The summed E-state index contributed by atoms with van der Waals surface area (Å²) in [6.45, 7) is 7.50. The van der Waals surface area contributed by atoms with Crippen molar-refractivity contribution in [3.63, 3.8) is 0 Å². The Kier molecular flexibility index (Phi) is 7.47. The maximum atomic E-state index is 11.2. The van der Waals surface area contributed by atoms with Gasteiger partial charge in [-0.2, -0.15) is 0 Å². The number of rotatable bonds is 6. The maximum Gasteiger partial charge on any atom is 0.143 e. The predicted octanol–water partition coefficient (Wildman–Crippen LogP) is -1.11. The Labute approximate surface area is 114 Å². The van der Waals surface area contributed by atoms with Crippen molar-refractivity contribution >= 4 is 18.4 Å². The third kappa shape index (κ3) is 6.56. The minimum atomic E-state index is 0.142. The first-order valence-electron chi connectivity index (χ1n) is 6.69. The lowest BCUT2D eigenvalue weighted by Crippen LogP contribution is -2.39. The van der Waals surface area contributed by atoms with Gasteiger partial charge in [-0.3, -0.25) is 19.5 Å². The number of hydrogen-bond acceptors (Lipinski definition) is 6. The van der Waals surface area contributed by atoms with Gasteiger partial charge >= 0.3 is 0 Å². The molecule has 0 aromatic rings. The van der Waals surface area contributed by atoms with Gasteiger partial charge < -0.3 is 9.59 Å². The van der Waals surface area contributed by atoms with E-state index in [0.717, 1.165) is 51.8 Å². The van der Waals surface area contributed by atoms with E-state index in [2.05, 4.69) is 14.7 Å². The molecule has 19 heavy (non-hydrogen) atoms. The zero-order valence-electron chi connectivity index (χ0n) is 11.6. The lowest BCUT2D eigenvalue weighted by atomic mass is 10.3. The number of ketones is 1. The second-order valence-electron chi connectivity index (χ2n) is 4.91. The third-order valence-corrected chi connectivity index (χ3v) is 3.31. The highest BCUT2D eigenvalue weighted by Crippen LogP contribution is 1.99. The Bertz CT molecular complexity index is 288. The van der Waals surface area contributed by atoms with Crippen LogP contribution in [-0.4, -0.2) is 92.0 Å². The number of carbonyl (C=O) groups is 3. The molecule has 0 spiro atoms. The van der Waals surface area contributed by atoms with Crippen LogP contribution in [0.15, 0.2) is 0 Å². The summed E-state index contributed by atoms with van der Waals surface area (Å²) in [6.07, 6.45) is 1.80. The smallest absolute Gasteiger partial charge is 0.143 e. The Morgan fingerprint density at radius 1 is 0.842 bits per heavy atom. The molecule has 0 unspecified atom stereocenters. The second kappa shape index (κ2) is 8.90. The molecule has 1 heterocycles. The Hall–Kier alpha value is -1.11. The molecule has 0 N–H and O–H groups in total. The van der Waals surface area contributed by atoms with Gasteiger partial charge in [0.05, 0.1) is 19.6 Å². The van der Waals surface area contributed by atoms with Gasteiger partial charge in [-0.05, 0) is 6.92 Å². The fourth-order valence-electron chi connectivity index (χ4n) is 2.23. The molecule has 108 valence electrons. The van der Waals surface area contributed by atoms with Crippen LogP contribution in [0.25, 0.3) is 0 Å². The predicted molar refractivity (Wildman–Crippen MR) is 72.1 cm³/mol. The van der Waals surface area contributed by atoms with E-state index >= 15 is 0 Å². The number of aldehydes is 2. The molecular formula is C13H23N3O3. The molecule has 0 aromatic carbocycles. The second-order valence-corrected chi connectivity index (χ2v) is 4.91. The van der Waals surface area contributed by atoms with Gasteiger partial charge in [0, 0.05) is 39.3 Å². The fourth-order valence-corrected chi connectivity index (χ4v) is 2.23. The van der Waals surface area contributed by atoms with Crippen LogP contribution in [0.5, 0.6) is 0 Å². The molecule has 6 heteroatoms. The molecule has 1 fully saturated rings. The lowest BCUT2D eigenvalue weighted by Gasteiger charge is -2.23. The molecule has 0 radical (unpaired) electrons.